The van der Waals surface area contributed by atoms with Crippen LogP contribution >= 0.6 is 0 Å². The van der Waals surface area contributed by atoms with Crippen molar-refractivity contribution < 1.29 is 9.53 Å². The van der Waals surface area contributed by atoms with Gasteiger partial charge in [0, 0.05) is 6.08 Å². The largest absolute Gasteiger partial charge is 0.463 e. The standard InChI is InChI=1S/C22H30O2/c1-5-18-10-11-20(16-19(18)6-2)22(13-14-22)12-8-9-17(4)15-21(23)24-7-3/h8-11,15-16H,5-7,12-14H2,1-4H3. The predicted molar refractivity (Wildman–Crippen MR) is 100 cm³/mol. The number of hydrogen-bond acceptors (Lipinski definition) is 2. The summed E-state index contributed by atoms with van der Waals surface area (Å²) in [7, 11) is 0. The molecule has 1 saturated carbocycles. The Morgan fingerprint density at radius 1 is 1.17 bits per heavy atom. The van der Waals surface area contributed by atoms with Crippen molar-refractivity contribution in [3.05, 3.63) is 58.7 Å². The SMILES string of the molecule is CCOC(=O)C=C(C)C=CCC1(c2ccc(CC)c(CC)c2)CC1. The molecule has 1 aromatic carbocycles. The lowest BCUT2D eigenvalue weighted by molar-refractivity contribution is -0.137. The van der Waals surface area contributed by atoms with Gasteiger partial charge in [-0.1, -0.05) is 44.2 Å². The van der Waals surface area contributed by atoms with Crippen LogP contribution in [0.15, 0.2) is 42.0 Å². The summed E-state index contributed by atoms with van der Waals surface area (Å²) in [4.78, 5) is 11.4. The number of carbonyl (C=O) groups excluding carboxylic acids is 1. The summed E-state index contributed by atoms with van der Waals surface area (Å²) in [5.74, 6) is -0.261. The molecule has 0 aliphatic heterocycles. The van der Waals surface area contributed by atoms with E-state index >= 15 is 0 Å². The average molecular weight is 326 g/mol. The first kappa shape index (κ1) is 18.5. The van der Waals surface area contributed by atoms with Crippen LogP contribution in [0, 0.1) is 0 Å². The molecular weight excluding hydrogens is 296 g/mol. The van der Waals surface area contributed by atoms with Gasteiger partial charge in [-0.25, -0.2) is 4.79 Å². The molecule has 0 aromatic heterocycles. The molecule has 0 bridgehead atoms. The van der Waals surface area contributed by atoms with E-state index in [4.69, 9.17) is 4.74 Å². The first-order valence-electron chi connectivity index (χ1n) is 9.18. The summed E-state index contributed by atoms with van der Waals surface area (Å²) >= 11 is 0. The second kappa shape index (κ2) is 8.32. The highest BCUT2D eigenvalue weighted by Gasteiger charge is 2.43. The van der Waals surface area contributed by atoms with Crippen LogP contribution in [0.4, 0.5) is 0 Å². The van der Waals surface area contributed by atoms with Gasteiger partial charge in [-0.3, -0.25) is 0 Å². The summed E-state index contributed by atoms with van der Waals surface area (Å²) < 4.78 is 4.94. The van der Waals surface area contributed by atoms with E-state index in [1.165, 1.54) is 29.5 Å². The van der Waals surface area contributed by atoms with Gasteiger partial charge in [0.2, 0.25) is 0 Å². The topological polar surface area (TPSA) is 26.3 Å². The van der Waals surface area contributed by atoms with Crippen molar-refractivity contribution >= 4 is 5.97 Å². The highest BCUT2D eigenvalue weighted by Crippen LogP contribution is 2.51. The van der Waals surface area contributed by atoms with E-state index in [0.717, 1.165) is 24.8 Å². The molecule has 1 aliphatic rings. The Kier molecular flexibility index (Phi) is 6.42. The molecule has 1 aliphatic carbocycles. The fourth-order valence-corrected chi connectivity index (χ4v) is 3.28. The molecule has 0 N–H and O–H groups in total. The lowest BCUT2D eigenvalue weighted by Gasteiger charge is -2.16. The zero-order valence-electron chi connectivity index (χ0n) is 15.5. The molecule has 2 nitrogen and oxygen atoms in total. The van der Waals surface area contributed by atoms with Gasteiger partial charge in [-0.15, -0.1) is 0 Å². The summed E-state index contributed by atoms with van der Waals surface area (Å²) in [6, 6.07) is 7.05. The van der Waals surface area contributed by atoms with Crippen LogP contribution in [0.2, 0.25) is 0 Å². The van der Waals surface area contributed by atoms with Crippen molar-refractivity contribution in [2.24, 2.45) is 0 Å². The molecule has 0 atom stereocenters. The van der Waals surface area contributed by atoms with E-state index in [2.05, 4.69) is 38.1 Å². The molecule has 1 fully saturated rings. The molecule has 24 heavy (non-hydrogen) atoms. The molecule has 0 radical (unpaired) electrons. The number of aryl methyl sites for hydroxylation is 2. The Labute approximate surface area is 146 Å². The monoisotopic (exact) mass is 326 g/mol. The second-order valence-electron chi connectivity index (χ2n) is 6.72. The summed E-state index contributed by atoms with van der Waals surface area (Å²) in [6.45, 7) is 8.65. The van der Waals surface area contributed by atoms with E-state index in [-0.39, 0.29) is 5.97 Å². The Bertz CT molecular complexity index is 633. The fraction of sp³-hybridized carbons (Fsp3) is 0.500. The molecule has 0 heterocycles. The van der Waals surface area contributed by atoms with Gasteiger partial charge in [-0.2, -0.15) is 0 Å². The van der Waals surface area contributed by atoms with Crippen molar-refractivity contribution in [3.63, 3.8) is 0 Å². The lowest BCUT2D eigenvalue weighted by atomic mass is 9.88. The number of benzene rings is 1. The average Bonchev–Trinajstić information content (AvgIpc) is 3.35. The number of carbonyl (C=O) groups is 1. The first-order valence-corrected chi connectivity index (χ1v) is 9.18. The number of ether oxygens (including phenoxy) is 1. The molecular formula is C22H30O2. The number of allylic oxidation sites excluding steroid dienone is 3. The second-order valence-corrected chi connectivity index (χ2v) is 6.72. The van der Waals surface area contributed by atoms with Gasteiger partial charge in [0.05, 0.1) is 6.61 Å². The van der Waals surface area contributed by atoms with Gasteiger partial charge in [0.1, 0.15) is 0 Å². The molecule has 0 amide bonds. The third-order valence-electron chi connectivity index (χ3n) is 4.96. The van der Waals surface area contributed by atoms with Crippen LogP contribution in [0.5, 0.6) is 0 Å². The minimum Gasteiger partial charge on any atom is -0.463 e. The van der Waals surface area contributed by atoms with Crippen molar-refractivity contribution in [3.8, 4) is 0 Å². The van der Waals surface area contributed by atoms with E-state index in [1.54, 1.807) is 6.08 Å². The number of rotatable bonds is 8. The van der Waals surface area contributed by atoms with Crippen LogP contribution in [-0.4, -0.2) is 12.6 Å². The summed E-state index contributed by atoms with van der Waals surface area (Å²) in [5, 5.41) is 0. The maximum atomic E-state index is 11.4. The minimum absolute atomic E-state index is 0.261. The number of hydrogen-bond donors (Lipinski definition) is 0. The van der Waals surface area contributed by atoms with Crippen LogP contribution < -0.4 is 0 Å². The first-order chi connectivity index (χ1) is 11.5. The molecule has 0 spiro atoms. The molecule has 130 valence electrons. The highest BCUT2D eigenvalue weighted by molar-refractivity contribution is 5.83. The third-order valence-corrected chi connectivity index (χ3v) is 4.96. The van der Waals surface area contributed by atoms with E-state index in [1.807, 2.05) is 19.9 Å². The maximum absolute atomic E-state index is 11.4. The van der Waals surface area contributed by atoms with Gasteiger partial charge in [0.25, 0.3) is 0 Å². The van der Waals surface area contributed by atoms with Gasteiger partial charge in [-0.05, 0) is 73.6 Å². The number of esters is 1. The fourth-order valence-electron chi connectivity index (χ4n) is 3.28. The van der Waals surface area contributed by atoms with Crippen LogP contribution in [0.3, 0.4) is 0 Å². The normalized spacial score (nSPS) is 16.4. The van der Waals surface area contributed by atoms with Crippen molar-refractivity contribution in [2.75, 3.05) is 6.61 Å². The zero-order chi connectivity index (χ0) is 17.6. The van der Waals surface area contributed by atoms with E-state index in [9.17, 15) is 4.79 Å². The van der Waals surface area contributed by atoms with Crippen LogP contribution in [0.1, 0.15) is 63.6 Å². The Balaban J connectivity index is 2.05. The van der Waals surface area contributed by atoms with Crippen molar-refractivity contribution in [2.45, 2.75) is 65.2 Å². The highest BCUT2D eigenvalue weighted by atomic mass is 16.5. The molecule has 0 unspecified atom stereocenters. The molecule has 2 heteroatoms. The van der Waals surface area contributed by atoms with E-state index < -0.39 is 0 Å². The summed E-state index contributed by atoms with van der Waals surface area (Å²) in [6.07, 6.45) is 11.6. The van der Waals surface area contributed by atoms with Crippen molar-refractivity contribution in [1.82, 2.24) is 0 Å². The quantitative estimate of drug-likeness (QED) is 0.368. The Morgan fingerprint density at radius 2 is 1.88 bits per heavy atom. The maximum Gasteiger partial charge on any atom is 0.330 e. The Morgan fingerprint density at radius 3 is 2.46 bits per heavy atom. The predicted octanol–water partition coefficient (Wildman–Crippen LogP) is 5.30. The zero-order valence-corrected chi connectivity index (χ0v) is 15.5. The molecule has 0 saturated heterocycles. The van der Waals surface area contributed by atoms with Crippen LogP contribution in [0.25, 0.3) is 0 Å². The van der Waals surface area contributed by atoms with Gasteiger partial charge < -0.3 is 4.74 Å². The summed E-state index contributed by atoms with van der Waals surface area (Å²) in [5.41, 5.74) is 5.70. The smallest absolute Gasteiger partial charge is 0.330 e. The van der Waals surface area contributed by atoms with Gasteiger partial charge >= 0.3 is 5.97 Å². The minimum atomic E-state index is -0.261. The Hall–Kier alpha value is -1.83. The van der Waals surface area contributed by atoms with Crippen LogP contribution in [-0.2, 0) is 27.8 Å². The van der Waals surface area contributed by atoms with Crippen molar-refractivity contribution in [1.29, 1.82) is 0 Å². The van der Waals surface area contributed by atoms with Gasteiger partial charge in [0.15, 0.2) is 0 Å². The molecule has 2 rings (SSSR count). The van der Waals surface area contributed by atoms with E-state index in [0.29, 0.717) is 12.0 Å². The molecule has 1 aromatic rings. The third kappa shape index (κ3) is 4.59. The lowest BCUT2D eigenvalue weighted by Crippen LogP contribution is -2.06.